The number of ether oxygens (including phenoxy) is 2. The SMILES string of the molecule is COc1ccc(Cl)c(C(C)(C)Oc2ccc(NC(=O)Cc3ccc(C(F)(F)C(C)O)cc3)cc2F)n1. The first-order valence-corrected chi connectivity index (χ1v) is 11.4. The number of rotatable bonds is 9. The third kappa shape index (κ3) is 6.27. The molecule has 0 saturated carbocycles. The lowest BCUT2D eigenvalue weighted by molar-refractivity contribution is -0.115. The minimum atomic E-state index is -3.40. The summed E-state index contributed by atoms with van der Waals surface area (Å²) in [7, 11) is 1.46. The number of amides is 1. The Hall–Kier alpha value is -3.30. The van der Waals surface area contributed by atoms with Crippen LogP contribution in [0.5, 0.6) is 11.6 Å². The molecule has 0 radical (unpaired) electrons. The molecule has 0 aliphatic heterocycles. The Labute approximate surface area is 212 Å². The molecule has 0 spiro atoms. The van der Waals surface area contributed by atoms with Crippen molar-refractivity contribution in [2.45, 2.75) is 44.8 Å². The Balaban J connectivity index is 1.67. The largest absolute Gasteiger partial charge is 0.481 e. The molecule has 0 fully saturated rings. The van der Waals surface area contributed by atoms with E-state index in [0.717, 1.165) is 25.1 Å². The van der Waals surface area contributed by atoms with E-state index in [1.165, 1.54) is 31.4 Å². The van der Waals surface area contributed by atoms with Crippen molar-refractivity contribution in [3.05, 3.63) is 82.3 Å². The third-order valence-electron chi connectivity index (χ3n) is 5.41. The van der Waals surface area contributed by atoms with Gasteiger partial charge in [-0.25, -0.2) is 9.37 Å². The topological polar surface area (TPSA) is 80.7 Å². The van der Waals surface area contributed by atoms with Crippen molar-refractivity contribution >= 4 is 23.2 Å². The van der Waals surface area contributed by atoms with Crippen molar-refractivity contribution in [1.29, 1.82) is 0 Å². The van der Waals surface area contributed by atoms with Crippen molar-refractivity contribution < 1.29 is 32.5 Å². The Bertz CT molecular complexity index is 1230. The fraction of sp³-hybridized carbons (Fsp3) is 0.308. The van der Waals surface area contributed by atoms with Crippen LogP contribution in [-0.2, 0) is 22.7 Å². The predicted molar refractivity (Wildman–Crippen MR) is 130 cm³/mol. The first kappa shape index (κ1) is 27.3. The van der Waals surface area contributed by atoms with E-state index in [0.29, 0.717) is 22.2 Å². The maximum atomic E-state index is 14.8. The summed E-state index contributed by atoms with van der Waals surface area (Å²) in [5.41, 5.74) is -0.432. The molecule has 6 nitrogen and oxygen atoms in total. The number of aliphatic hydroxyl groups excluding tert-OH is 1. The standard InChI is InChI=1S/C26H26ClF3N2O4/c1-15(33)26(29,30)17-7-5-16(6-8-17)13-22(34)31-18-9-11-21(20(28)14-18)36-25(2,3)24-19(27)10-12-23(32-24)35-4/h5-12,14-15,33H,13H2,1-4H3,(H,31,34). The summed E-state index contributed by atoms with van der Waals surface area (Å²) in [6.07, 6.45) is -1.96. The highest BCUT2D eigenvalue weighted by molar-refractivity contribution is 6.31. The zero-order valence-corrected chi connectivity index (χ0v) is 20.9. The van der Waals surface area contributed by atoms with Crippen molar-refractivity contribution in [3.63, 3.8) is 0 Å². The van der Waals surface area contributed by atoms with Gasteiger partial charge in [0.1, 0.15) is 17.4 Å². The van der Waals surface area contributed by atoms with Gasteiger partial charge in [0.2, 0.25) is 11.8 Å². The highest BCUT2D eigenvalue weighted by Gasteiger charge is 2.37. The van der Waals surface area contributed by atoms with Gasteiger partial charge in [0.05, 0.1) is 18.6 Å². The van der Waals surface area contributed by atoms with Gasteiger partial charge in [0.15, 0.2) is 11.6 Å². The van der Waals surface area contributed by atoms with Crippen LogP contribution >= 0.6 is 11.6 Å². The summed E-state index contributed by atoms with van der Waals surface area (Å²) in [4.78, 5) is 16.7. The van der Waals surface area contributed by atoms with Crippen molar-refractivity contribution in [2.75, 3.05) is 12.4 Å². The summed E-state index contributed by atoms with van der Waals surface area (Å²) >= 11 is 6.25. The molecule has 1 amide bonds. The number of hydrogen-bond donors (Lipinski definition) is 2. The number of methoxy groups -OCH3 is 1. The fourth-order valence-corrected chi connectivity index (χ4v) is 3.75. The molecule has 0 bridgehead atoms. The second kappa shape index (κ2) is 10.8. The first-order valence-electron chi connectivity index (χ1n) is 11.0. The van der Waals surface area contributed by atoms with Crippen molar-refractivity contribution in [2.24, 2.45) is 0 Å². The van der Waals surface area contributed by atoms with Gasteiger partial charge in [-0.3, -0.25) is 4.79 Å². The van der Waals surface area contributed by atoms with Crippen LogP contribution in [0, 0.1) is 5.82 Å². The molecule has 1 aromatic heterocycles. The highest BCUT2D eigenvalue weighted by Crippen LogP contribution is 2.34. The van der Waals surface area contributed by atoms with Crippen molar-refractivity contribution in [1.82, 2.24) is 4.98 Å². The number of benzene rings is 2. The van der Waals surface area contributed by atoms with E-state index in [2.05, 4.69) is 10.3 Å². The zero-order valence-electron chi connectivity index (χ0n) is 20.1. The lowest BCUT2D eigenvalue weighted by Gasteiger charge is -2.27. The van der Waals surface area contributed by atoms with Crippen LogP contribution in [0.15, 0.2) is 54.6 Å². The molecule has 3 rings (SSSR count). The lowest BCUT2D eigenvalue weighted by Crippen LogP contribution is -2.28. The number of carbonyl (C=O) groups excluding carboxylic acids is 1. The van der Waals surface area contributed by atoms with E-state index >= 15 is 0 Å². The summed E-state index contributed by atoms with van der Waals surface area (Å²) in [6.45, 7) is 4.36. The molecule has 10 heteroatoms. The second-order valence-corrected chi connectivity index (χ2v) is 9.07. The Kier molecular flexibility index (Phi) is 8.15. The number of nitrogens with zero attached hydrogens (tertiary/aromatic N) is 1. The molecule has 1 heterocycles. The number of pyridine rings is 1. The van der Waals surface area contributed by atoms with Gasteiger partial charge in [-0.05, 0) is 44.5 Å². The monoisotopic (exact) mass is 522 g/mol. The molecule has 0 aliphatic carbocycles. The number of aromatic nitrogens is 1. The van der Waals surface area contributed by atoms with Crippen LogP contribution in [0.4, 0.5) is 18.9 Å². The molecule has 2 aromatic carbocycles. The van der Waals surface area contributed by atoms with Crippen molar-refractivity contribution in [3.8, 4) is 11.6 Å². The number of hydrogen-bond acceptors (Lipinski definition) is 5. The summed E-state index contributed by atoms with van der Waals surface area (Å²) in [5, 5.41) is 12.1. The quantitative estimate of drug-likeness (QED) is 0.368. The molecule has 0 saturated heterocycles. The van der Waals surface area contributed by atoms with E-state index in [-0.39, 0.29) is 23.4 Å². The van der Waals surface area contributed by atoms with Gasteiger partial charge in [-0.1, -0.05) is 35.9 Å². The maximum absolute atomic E-state index is 14.8. The molecule has 3 aromatic rings. The summed E-state index contributed by atoms with van der Waals surface area (Å²) < 4.78 is 53.5. The molecule has 192 valence electrons. The first-order chi connectivity index (χ1) is 16.8. The van der Waals surface area contributed by atoms with Gasteiger partial charge in [-0.2, -0.15) is 8.78 Å². The van der Waals surface area contributed by atoms with E-state index in [1.54, 1.807) is 26.0 Å². The molecule has 1 unspecified atom stereocenters. The summed E-state index contributed by atoms with van der Waals surface area (Å²) in [6, 6.07) is 12.2. The van der Waals surface area contributed by atoms with Crippen LogP contribution in [0.2, 0.25) is 5.02 Å². The normalized spacial score (nSPS) is 12.7. The average Bonchev–Trinajstić information content (AvgIpc) is 2.81. The smallest absolute Gasteiger partial charge is 0.298 e. The molecular formula is C26H26ClF3N2O4. The van der Waals surface area contributed by atoms with Gasteiger partial charge in [-0.15, -0.1) is 0 Å². The minimum absolute atomic E-state index is 0.0756. The van der Waals surface area contributed by atoms with Gasteiger partial charge < -0.3 is 19.9 Å². The minimum Gasteiger partial charge on any atom is -0.481 e. The van der Waals surface area contributed by atoms with E-state index in [1.807, 2.05) is 0 Å². The van der Waals surface area contributed by atoms with E-state index < -0.39 is 29.4 Å². The van der Waals surface area contributed by atoms with Crippen LogP contribution in [0.1, 0.15) is 37.6 Å². The number of nitrogens with one attached hydrogen (secondary N) is 1. The van der Waals surface area contributed by atoms with E-state index in [4.69, 9.17) is 21.1 Å². The molecule has 0 aliphatic rings. The van der Waals surface area contributed by atoms with Crippen LogP contribution < -0.4 is 14.8 Å². The summed E-state index contributed by atoms with van der Waals surface area (Å²) in [5.74, 6) is -4.33. The second-order valence-electron chi connectivity index (χ2n) is 8.66. The maximum Gasteiger partial charge on any atom is 0.298 e. The number of halogens is 4. The fourth-order valence-electron chi connectivity index (χ4n) is 3.42. The molecule has 2 N–H and O–H groups in total. The molecule has 1 atom stereocenters. The number of alkyl halides is 2. The number of carbonyl (C=O) groups is 1. The van der Waals surface area contributed by atoms with Crippen LogP contribution in [0.3, 0.4) is 0 Å². The Morgan fingerprint density at radius 2 is 1.81 bits per heavy atom. The lowest BCUT2D eigenvalue weighted by atomic mass is 10.0. The van der Waals surface area contributed by atoms with Crippen LogP contribution in [0.25, 0.3) is 0 Å². The van der Waals surface area contributed by atoms with Gasteiger partial charge >= 0.3 is 0 Å². The molecule has 36 heavy (non-hydrogen) atoms. The highest BCUT2D eigenvalue weighted by atomic mass is 35.5. The average molecular weight is 523 g/mol. The number of aliphatic hydroxyl groups is 1. The molecular weight excluding hydrogens is 497 g/mol. The zero-order chi connectivity index (χ0) is 26.7. The van der Waals surface area contributed by atoms with E-state index in [9.17, 15) is 23.1 Å². The Morgan fingerprint density at radius 3 is 2.39 bits per heavy atom. The number of anilines is 1. The third-order valence-corrected chi connectivity index (χ3v) is 5.71. The van der Waals surface area contributed by atoms with Gasteiger partial charge in [0, 0.05) is 23.4 Å². The van der Waals surface area contributed by atoms with Gasteiger partial charge in [0.25, 0.3) is 5.92 Å². The Morgan fingerprint density at radius 1 is 1.14 bits per heavy atom. The van der Waals surface area contributed by atoms with Crippen LogP contribution in [-0.4, -0.2) is 29.2 Å². The predicted octanol–water partition coefficient (Wildman–Crippen LogP) is 5.85.